The average molecular weight is 505 g/mol. The van der Waals surface area contributed by atoms with E-state index in [9.17, 15) is 18.0 Å². The molecule has 0 spiro atoms. The number of anilines is 1. The molecular formula is C24H20ClF3N4O3. The summed E-state index contributed by atoms with van der Waals surface area (Å²) in [7, 11) is 2.85. The minimum absolute atomic E-state index is 0.0336. The van der Waals surface area contributed by atoms with E-state index in [1.807, 2.05) is 19.9 Å². The number of aryl methyl sites for hydroxylation is 2. The van der Waals surface area contributed by atoms with E-state index in [0.29, 0.717) is 27.3 Å². The molecule has 7 nitrogen and oxygen atoms in total. The van der Waals surface area contributed by atoms with Crippen LogP contribution >= 0.6 is 11.6 Å². The lowest BCUT2D eigenvalue weighted by Crippen LogP contribution is -2.16. The monoisotopic (exact) mass is 504 g/mol. The number of alkyl halides is 3. The van der Waals surface area contributed by atoms with Crippen molar-refractivity contribution in [2.24, 2.45) is 0 Å². The number of carbonyl (C=O) groups excluding carboxylic acids is 1. The molecule has 4 aromatic rings. The zero-order valence-electron chi connectivity index (χ0n) is 19.1. The SMILES string of the molecule is COc1ccc(-c2cc(C(F)(F)F)n3nc(C(=O)Nc4ccc(C)c(C)c4)c(Cl)c3n2)cc1OC. The van der Waals surface area contributed by atoms with E-state index >= 15 is 0 Å². The molecule has 2 heterocycles. The number of fused-ring (bicyclic) bond motifs is 1. The molecule has 1 amide bonds. The van der Waals surface area contributed by atoms with Gasteiger partial charge in [0.05, 0.1) is 19.9 Å². The Hall–Kier alpha value is -3.79. The number of halogens is 4. The summed E-state index contributed by atoms with van der Waals surface area (Å²) in [5.41, 5.74) is 0.882. The molecule has 0 radical (unpaired) electrons. The minimum atomic E-state index is -4.80. The van der Waals surface area contributed by atoms with Crippen molar-refractivity contribution in [2.75, 3.05) is 19.5 Å². The van der Waals surface area contributed by atoms with Gasteiger partial charge in [0.2, 0.25) is 0 Å². The lowest BCUT2D eigenvalue weighted by atomic mass is 10.1. The predicted octanol–water partition coefficient (Wildman–Crippen LogP) is 5.95. The van der Waals surface area contributed by atoms with E-state index in [2.05, 4.69) is 15.4 Å². The molecule has 2 aromatic carbocycles. The fraction of sp³-hybridized carbons (Fsp3) is 0.208. The largest absolute Gasteiger partial charge is 0.493 e. The number of methoxy groups -OCH3 is 2. The zero-order chi connectivity index (χ0) is 25.5. The summed E-state index contributed by atoms with van der Waals surface area (Å²) >= 11 is 6.34. The molecule has 0 bridgehead atoms. The Morgan fingerprint density at radius 1 is 1.00 bits per heavy atom. The van der Waals surface area contributed by atoms with Crippen LogP contribution in [0.4, 0.5) is 18.9 Å². The number of hydrogen-bond donors (Lipinski definition) is 1. The topological polar surface area (TPSA) is 77.8 Å². The smallest absolute Gasteiger partial charge is 0.433 e. The van der Waals surface area contributed by atoms with Crippen LogP contribution in [0, 0.1) is 13.8 Å². The van der Waals surface area contributed by atoms with E-state index in [4.69, 9.17) is 21.1 Å². The highest BCUT2D eigenvalue weighted by Crippen LogP contribution is 2.37. The summed E-state index contributed by atoms with van der Waals surface area (Å²) in [6, 6.07) is 10.7. The van der Waals surface area contributed by atoms with Gasteiger partial charge in [-0.15, -0.1) is 0 Å². The third-order valence-electron chi connectivity index (χ3n) is 5.48. The second-order valence-electron chi connectivity index (χ2n) is 7.75. The van der Waals surface area contributed by atoms with Crippen LogP contribution in [0.2, 0.25) is 5.02 Å². The highest BCUT2D eigenvalue weighted by molar-refractivity contribution is 6.37. The van der Waals surface area contributed by atoms with Gasteiger partial charge < -0.3 is 14.8 Å². The molecular weight excluding hydrogens is 485 g/mol. The number of benzene rings is 2. The molecule has 2 aromatic heterocycles. The Morgan fingerprint density at radius 2 is 1.71 bits per heavy atom. The van der Waals surface area contributed by atoms with Crippen LogP contribution in [0.3, 0.4) is 0 Å². The van der Waals surface area contributed by atoms with Crippen LogP contribution in [0.5, 0.6) is 11.5 Å². The van der Waals surface area contributed by atoms with Crippen LogP contribution in [0.25, 0.3) is 16.9 Å². The third kappa shape index (κ3) is 4.61. The van der Waals surface area contributed by atoms with Gasteiger partial charge in [-0.3, -0.25) is 4.79 Å². The molecule has 0 saturated carbocycles. The van der Waals surface area contributed by atoms with E-state index in [1.54, 1.807) is 18.2 Å². The first kappa shape index (κ1) is 24.3. The summed E-state index contributed by atoms with van der Waals surface area (Å²) in [6.07, 6.45) is -4.80. The summed E-state index contributed by atoms with van der Waals surface area (Å²) < 4.78 is 52.9. The van der Waals surface area contributed by atoms with Crippen LogP contribution in [0.15, 0.2) is 42.5 Å². The molecule has 4 rings (SSSR count). The van der Waals surface area contributed by atoms with Crippen LogP contribution in [-0.2, 0) is 6.18 Å². The zero-order valence-corrected chi connectivity index (χ0v) is 19.9. The van der Waals surface area contributed by atoms with Crippen molar-refractivity contribution in [3.8, 4) is 22.8 Å². The fourth-order valence-corrected chi connectivity index (χ4v) is 3.74. The van der Waals surface area contributed by atoms with Gasteiger partial charge in [0.15, 0.2) is 28.5 Å². The van der Waals surface area contributed by atoms with Crippen molar-refractivity contribution in [1.82, 2.24) is 14.6 Å². The molecule has 0 atom stereocenters. The third-order valence-corrected chi connectivity index (χ3v) is 5.83. The summed E-state index contributed by atoms with van der Waals surface area (Å²) in [5.74, 6) is -0.0427. The van der Waals surface area contributed by atoms with Crippen molar-refractivity contribution in [2.45, 2.75) is 20.0 Å². The second kappa shape index (κ2) is 9.10. The Labute approximate surface area is 203 Å². The molecule has 35 heavy (non-hydrogen) atoms. The Kier molecular flexibility index (Phi) is 6.33. The molecule has 0 fully saturated rings. The van der Waals surface area contributed by atoms with Gasteiger partial charge >= 0.3 is 6.18 Å². The number of nitrogens with one attached hydrogen (secondary N) is 1. The number of hydrogen-bond acceptors (Lipinski definition) is 5. The van der Waals surface area contributed by atoms with Gasteiger partial charge in [-0.2, -0.15) is 18.3 Å². The van der Waals surface area contributed by atoms with Gasteiger partial charge in [0, 0.05) is 11.3 Å². The van der Waals surface area contributed by atoms with Crippen molar-refractivity contribution >= 4 is 28.8 Å². The van der Waals surface area contributed by atoms with Crippen molar-refractivity contribution in [3.63, 3.8) is 0 Å². The van der Waals surface area contributed by atoms with Gasteiger partial charge in [-0.1, -0.05) is 17.7 Å². The number of rotatable bonds is 5. The molecule has 1 N–H and O–H groups in total. The normalized spacial score (nSPS) is 11.5. The number of carbonyl (C=O) groups is 1. The molecule has 0 aliphatic heterocycles. The first-order valence-corrected chi connectivity index (χ1v) is 10.7. The first-order valence-electron chi connectivity index (χ1n) is 10.3. The van der Waals surface area contributed by atoms with Crippen molar-refractivity contribution < 1.29 is 27.4 Å². The summed E-state index contributed by atoms with van der Waals surface area (Å²) in [4.78, 5) is 17.1. The number of nitrogens with zero attached hydrogens (tertiary/aromatic N) is 3. The Morgan fingerprint density at radius 3 is 2.34 bits per heavy atom. The van der Waals surface area contributed by atoms with Gasteiger partial charge in [-0.25, -0.2) is 9.50 Å². The maximum absolute atomic E-state index is 14.0. The van der Waals surface area contributed by atoms with Crippen LogP contribution in [-0.4, -0.2) is 34.7 Å². The van der Waals surface area contributed by atoms with E-state index in [0.717, 1.165) is 17.2 Å². The average Bonchev–Trinajstić information content (AvgIpc) is 3.16. The lowest BCUT2D eigenvalue weighted by Gasteiger charge is -2.12. The molecule has 0 aliphatic carbocycles. The predicted molar refractivity (Wildman–Crippen MR) is 125 cm³/mol. The highest BCUT2D eigenvalue weighted by Gasteiger charge is 2.37. The van der Waals surface area contributed by atoms with Crippen molar-refractivity contribution in [3.05, 3.63) is 70.0 Å². The van der Waals surface area contributed by atoms with Gasteiger partial charge in [0.25, 0.3) is 5.91 Å². The molecule has 0 aliphatic rings. The minimum Gasteiger partial charge on any atom is -0.493 e. The number of aromatic nitrogens is 3. The van der Waals surface area contributed by atoms with Gasteiger partial charge in [-0.05, 0) is 61.4 Å². The quantitative estimate of drug-likeness (QED) is 0.363. The van der Waals surface area contributed by atoms with Crippen LogP contribution < -0.4 is 14.8 Å². The standard InChI is InChI=1S/C24H20ClF3N4O3/c1-12-5-7-15(9-13(12)2)29-23(33)21-20(25)22-30-16(11-19(24(26,27)28)32(22)31-21)14-6-8-17(34-3)18(10-14)35-4/h5-11H,1-4H3,(H,29,33). The van der Waals surface area contributed by atoms with Crippen molar-refractivity contribution in [1.29, 1.82) is 0 Å². The fourth-order valence-electron chi connectivity index (χ4n) is 3.49. The molecule has 0 saturated heterocycles. The maximum atomic E-state index is 14.0. The number of amides is 1. The summed E-state index contributed by atoms with van der Waals surface area (Å²) in [6.45, 7) is 3.79. The van der Waals surface area contributed by atoms with Gasteiger partial charge in [0.1, 0.15) is 5.02 Å². The maximum Gasteiger partial charge on any atom is 0.433 e. The lowest BCUT2D eigenvalue weighted by molar-refractivity contribution is -0.142. The Bertz CT molecular complexity index is 1450. The van der Waals surface area contributed by atoms with E-state index in [-0.39, 0.29) is 22.1 Å². The van der Waals surface area contributed by atoms with Crippen LogP contribution in [0.1, 0.15) is 27.3 Å². The molecule has 0 unspecified atom stereocenters. The van der Waals surface area contributed by atoms with E-state index < -0.39 is 17.8 Å². The molecule has 11 heteroatoms. The van der Waals surface area contributed by atoms with E-state index in [1.165, 1.54) is 26.4 Å². The number of ether oxygens (including phenoxy) is 2. The second-order valence-corrected chi connectivity index (χ2v) is 8.12. The Balaban J connectivity index is 1.84. The molecule has 182 valence electrons. The summed E-state index contributed by atoms with van der Waals surface area (Å²) in [5, 5.41) is 6.17. The first-order chi connectivity index (χ1) is 16.5. The highest BCUT2D eigenvalue weighted by atomic mass is 35.5.